The summed E-state index contributed by atoms with van der Waals surface area (Å²) in [6, 6.07) is 16.8. The van der Waals surface area contributed by atoms with E-state index in [1.165, 1.54) is 11.1 Å². The Bertz CT molecular complexity index is 998. The van der Waals surface area contributed by atoms with Crippen LogP contribution < -0.4 is 10.5 Å². The average molecular weight is 481 g/mol. The van der Waals surface area contributed by atoms with Gasteiger partial charge in [0.25, 0.3) is 0 Å². The lowest BCUT2D eigenvalue weighted by atomic mass is 10.0. The first-order valence-electron chi connectivity index (χ1n) is 12.6. The Balaban J connectivity index is 1.39. The molecule has 7 heteroatoms. The van der Waals surface area contributed by atoms with Crippen molar-refractivity contribution in [1.82, 2.24) is 14.7 Å². The van der Waals surface area contributed by atoms with Crippen molar-refractivity contribution in [2.45, 2.75) is 51.4 Å². The summed E-state index contributed by atoms with van der Waals surface area (Å²) >= 11 is 0. The lowest BCUT2D eigenvalue weighted by Crippen LogP contribution is -2.43. The molecule has 2 heterocycles. The first kappa shape index (κ1) is 25.5. The molecule has 0 unspecified atom stereocenters. The summed E-state index contributed by atoms with van der Waals surface area (Å²) in [7, 11) is 2.18. The predicted molar refractivity (Wildman–Crippen MR) is 139 cm³/mol. The van der Waals surface area contributed by atoms with Gasteiger partial charge in [0.1, 0.15) is 18.0 Å². The highest BCUT2D eigenvalue weighted by molar-refractivity contribution is 5.69. The van der Waals surface area contributed by atoms with E-state index >= 15 is 0 Å². The summed E-state index contributed by atoms with van der Waals surface area (Å²) in [5.74, 6) is 0.789. The second-order valence-electron chi connectivity index (χ2n) is 10.9. The van der Waals surface area contributed by atoms with E-state index in [0.717, 1.165) is 44.0 Å². The standard InChI is InChI=1S/C28H40N4O3/c1-28(2,3)35-27(33)32-19-24(29)17-25(32)20-34-26-10-6-9-23(16-26)22-8-5-7-21(15-22)18-31-13-11-30(4)12-14-31/h5-10,15-16,24-25H,11-14,17-20,29H2,1-4H3/t24-,25-/m0/s1. The fraction of sp³-hybridized carbons (Fsp3) is 0.536. The quantitative estimate of drug-likeness (QED) is 0.678. The van der Waals surface area contributed by atoms with Crippen molar-refractivity contribution in [2.75, 3.05) is 46.4 Å². The highest BCUT2D eigenvalue weighted by Crippen LogP contribution is 2.27. The van der Waals surface area contributed by atoms with Gasteiger partial charge in [0, 0.05) is 45.3 Å². The zero-order valence-electron chi connectivity index (χ0n) is 21.6. The summed E-state index contributed by atoms with van der Waals surface area (Å²) in [6.45, 7) is 11.9. The number of benzene rings is 2. The second-order valence-corrected chi connectivity index (χ2v) is 10.9. The van der Waals surface area contributed by atoms with Gasteiger partial charge >= 0.3 is 6.09 Å². The number of hydrogen-bond donors (Lipinski definition) is 1. The molecular formula is C28H40N4O3. The van der Waals surface area contributed by atoms with Crippen LogP contribution in [0.3, 0.4) is 0 Å². The molecule has 2 aromatic carbocycles. The predicted octanol–water partition coefficient (Wildman–Crippen LogP) is 3.82. The number of carbonyl (C=O) groups excluding carboxylic acids is 1. The summed E-state index contributed by atoms with van der Waals surface area (Å²) in [5.41, 5.74) is 9.25. The van der Waals surface area contributed by atoms with Crippen LogP contribution in [0.4, 0.5) is 4.79 Å². The number of carbonyl (C=O) groups is 1. The Hall–Kier alpha value is -2.61. The molecule has 2 aliphatic rings. The molecule has 7 nitrogen and oxygen atoms in total. The summed E-state index contributed by atoms with van der Waals surface area (Å²) in [4.78, 5) is 19.2. The fourth-order valence-corrected chi connectivity index (χ4v) is 4.73. The third kappa shape index (κ3) is 7.19. The van der Waals surface area contributed by atoms with Gasteiger partial charge in [-0.3, -0.25) is 4.90 Å². The van der Waals surface area contributed by atoms with Crippen molar-refractivity contribution in [3.05, 3.63) is 54.1 Å². The minimum absolute atomic E-state index is 0.0644. The van der Waals surface area contributed by atoms with Crippen LogP contribution in [0, 0.1) is 0 Å². The number of nitrogens with zero attached hydrogens (tertiary/aromatic N) is 3. The zero-order valence-corrected chi connectivity index (χ0v) is 21.6. The summed E-state index contributed by atoms with van der Waals surface area (Å²) < 4.78 is 11.7. The maximum Gasteiger partial charge on any atom is 0.410 e. The first-order chi connectivity index (χ1) is 16.7. The number of hydrogen-bond acceptors (Lipinski definition) is 6. The van der Waals surface area contributed by atoms with Crippen LogP contribution >= 0.6 is 0 Å². The van der Waals surface area contributed by atoms with Gasteiger partial charge in [-0.2, -0.15) is 0 Å². The van der Waals surface area contributed by atoms with Gasteiger partial charge in [-0.25, -0.2) is 4.79 Å². The van der Waals surface area contributed by atoms with E-state index in [9.17, 15) is 4.79 Å². The van der Waals surface area contributed by atoms with Crippen molar-refractivity contribution in [2.24, 2.45) is 5.73 Å². The van der Waals surface area contributed by atoms with E-state index in [1.54, 1.807) is 4.90 Å². The number of rotatable bonds is 6. The van der Waals surface area contributed by atoms with Crippen LogP contribution in [0.2, 0.25) is 0 Å². The average Bonchev–Trinajstić information content (AvgIpc) is 3.19. The molecule has 0 bridgehead atoms. The van der Waals surface area contributed by atoms with Crippen molar-refractivity contribution >= 4 is 6.09 Å². The highest BCUT2D eigenvalue weighted by Gasteiger charge is 2.36. The molecule has 0 spiro atoms. The Morgan fingerprint density at radius 3 is 2.43 bits per heavy atom. The van der Waals surface area contributed by atoms with Gasteiger partial charge in [-0.05, 0) is 69.1 Å². The number of likely N-dealkylation sites (tertiary alicyclic amines) is 1. The van der Waals surface area contributed by atoms with Crippen LogP contribution in [0.15, 0.2) is 48.5 Å². The number of piperazine rings is 1. The van der Waals surface area contributed by atoms with Crippen LogP contribution in [0.25, 0.3) is 11.1 Å². The minimum atomic E-state index is -0.539. The number of nitrogens with two attached hydrogens (primary N) is 1. The number of likely N-dealkylation sites (N-methyl/N-ethyl adjacent to an activating group) is 1. The Morgan fingerprint density at radius 2 is 1.71 bits per heavy atom. The third-order valence-corrected chi connectivity index (χ3v) is 6.61. The largest absolute Gasteiger partial charge is 0.491 e. The number of amides is 1. The molecule has 2 saturated heterocycles. The molecule has 0 radical (unpaired) electrons. The molecule has 35 heavy (non-hydrogen) atoms. The van der Waals surface area contributed by atoms with Crippen LogP contribution in [-0.2, 0) is 11.3 Å². The molecule has 2 aromatic rings. The zero-order chi connectivity index (χ0) is 25.0. The van der Waals surface area contributed by atoms with E-state index in [1.807, 2.05) is 32.9 Å². The van der Waals surface area contributed by atoms with Gasteiger partial charge in [0.05, 0.1) is 6.04 Å². The van der Waals surface area contributed by atoms with E-state index in [-0.39, 0.29) is 18.2 Å². The second kappa shape index (κ2) is 11.0. The van der Waals surface area contributed by atoms with Gasteiger partial charge in [0.2, 0.25) is 0 Å². The van der Waals surface area contributed by atoms with E-state index < -0.39 is 5.60 Å². The minimum Gasteiger partial charge on any atom is -0.491 e. The first-order valence-corrected chi connectivity index (χ1v) is 12.6. The summed E-state index contributed by atoms with van der Waals surface area (Å²) in [5, 5.41) is 0. The molecule has 190 valence electrons. The van der Waals surface area contributed by atoms with Crippen molar-refractivity contribution < 1.29 is 14.3 Å². The molecule has 1 amide bonds. The lowest BCUT2D eigenvalue weighted by Gasteiger charge is -2.32. The van der Waals surface area contributed by atoms with Crippen LogP contribution in [-0.4, -0.2) is 84.9 Å². The molecule has 0 aromatic heterocycles. The topological polar surface area (TPSA) is 71.3 Å². The molecule has 2 aliphatic heterocycles. The molecule has 0 aliphatic carbocycles. The molecule has 2 atom stereocenters. The van der Waals surface area contributed by atoms with Crippen molar-refractivity contribution in [3.63, 3.8) is 0 Å². The summed E-state index contributed by atoms with van der Waals surface area (Å²) in [6.07, 6.45) is 0.373. The third-order valence-electron chi connectivity index (χ3n) is 6.61. The van der Waals surface area contributed by atoms with E-state index in [0.29, 0.717) is 19.6 Å². The Morgan fingerprint density at radius 1 is 1.03 bits per heavy atom. The molecule has 2 N–H and O–H groups in total. The van der Waals surface area contributed by atoms with Crippen molar-refractivity contribution in [1.29, 1.82) is 0 Å². The lowest BCUT2D eigenvalue weighted by molar-refractivity contribution is 0.0186. The van der Waals surface area contributed by atoms with Gasteiger partial charge in [-0.1, -0.05) is 30.3 Å². The maximum absolute atomic E-state index is 12.6. The molecule has 0 saturated carbocycles. The fourth-order valence-electron chi connectivity index (χ4n) is 4.73. The highest BCUT2D eigenvalue weighted by atomic mass is 16.6. The normalized spacial score (nSPS) is 21.8. The van der Waals surface area contributed by atoms with E-state index in [2.05, 4.69) is 53.2 Å². The number of ether oxygens (including phenoxy) is 2. The van der Waals surface area contributed by atoms with Gasteiger partial charge in [-0.15, -0.1) is 0 Å². The van der Waals surface area contributed by atoms with Gasteiger partial charge in [0.15, 0.2) is 0 Å². The molecule has 2 fully saturated rings. The van der Waals surface area contributed by atoms with Gasteiger partial charge < -0.3 is 25.0 Å². The monoisotopic (exact) mass is 480 g/mol. The van der Waals surface area contributed by atoms with Crippen LogP contribution in [0.5, 0.6) is 5.75 Å². The molecule has 4 rings (SSSR count). The molecular weight excluding hydrogens is 440 g/mol. The maximum atomic E-state index is 12.6. The van der Waals surface area contributed by atoms with E-state index in [4.69, 9.17) is 15.2 Å². The Labute approximate surface area is 209 Å². The SMILES string of the molecule is CN1CCN(Cc2cccc(-c3cccc(OC[C@@H]4C[C@H](N)CN4C(=O)OC(C)(C)C)c3)c2)CC1. The Kier molecular flexibility index (Phi) is 7.99. The van der Waals surface area contributed by atoms with Crippen LogP contribution in [0.1, 0.15) is 32.8 Å². The smallest absolute Gasteiger partial charge is 0.410 e. The van der Waals surface area contributed by atoms with Crippen molar-refractivity contribution in [3.8, 4) is 16.9 Å².